The molecule has 1 aromatic heterocycles. The van der Waals surface area contributed by atoms with Crippen molar-refractivity contribution in [3.05, 3.63) is 26.6 Å². The summed E-state index contributed by atoms with van der Waals surface area (Å²) >= 11 is 4.13. The third-order valence-corrected chi connectivity index (χ3v) is 4.23. The maximum absolute atomic E-state index is 5.37. The summed E-state index contributed by atoms with van der Waals surface area (Å²) < 4.78 is 7.94. The van der Waals surface area contributed by atoms with Crippen molar-refractivity contribution in [3.8, 4) is 5.75 Å². The second kappa shape index (κ2) is 4.06. The standard InChI is InChI=1S/C11H11IOS/c1-3-7-8-4-5-14-11(8)10(13-2)6-9(7)12/h4-6H,3H2,1-2H3. The second-order valence-corrected chi connectivity index (χ2v) is 5.13. The Hall–Kier alpha value is -0.290. The number of rotatable bonds is 2. The first kappa shape index (κ1) is 10.2. The molecule has 0 bridgehead atoms. The highest BCUT2D eigenvalue weighted by Crippen LogP contribution is 2.36. The minimum atomic E-state index is 0.997. The van der Waals surface area contributed by atoms with Crippen molar-refractivity contribution < 1.29 is 4.74 Å². The lowest BCUT2D eigenvalue weighted by Gasteiger charge is -2.07. The van der Waals surface area contributed by atoms with Gasteiger partial charge in [0, 0.05) is 8.96 Å². The van der Waals surface area contributed by atoms with Crippen LogP contribution in [-0.4, -0.2) is 7.11 Å². The van der Waals surface area contributed by atoms with E-state index in [2.05, 4.69) is 47.0 Å². The molecule has 2 aromatic rings. The summed E-state index contributed by atoms with van der Waals surface area (Å²) in [6.45, 7) is 2.20. The van der Waals surface area contributed by atoms with Crippen molar-refractivity contribution in [3.63, 3.8) is 0 Å². The Kier molecular flexibility index (Phi) is 2.97. The van der Waals surface area contributed by atoms with Crippen LogP contribution in [0.4, 0.5) is 0 Å². The van der Waals surface area contributed by atoms with Crippen LogP contribution >= 0.6 is 33.9 Å². The summed E-state index contributed by atoms with van der Waals surface area (Å²) in [5.74, 6) is 0.997. The number of fused-ring (bicyclic) bond motifs is 1. The van der Waals surface area contributed by atoms with Gasteiger partial charge in [-0.25, -0.2) is 0 Å². The van der Waals surface area contributed by atoms with Gasteiger partial charge in [0.2, 0.25) is 0 Å². The van der Waals surface area contributed by atoms with E-state index in [1.807, 2.05) is 0 Å². The molecule has 1 nitrogen and oxygen atoms in total. The van der Waals surface area contributed by atoms with E-state index in [4.69, 9.17) is 4.74 Å². The second-order valence-electron chi connectivity index (χ2n) is 3.06. The molecule has 74 valence electrons. The van der Waals surface area contributed by atoms with Gasteiger partial charge in [-0.1, -0.05) is 6.92 Å². The highest BCUT2D eigenvalue weighted by atomic mass is 127. The van der Waals surface area contributed by atoms with Gasteiger partial charge in [-0.15, -0.1) is 11.3 Å². The first-order valence-corrected chi connectivity index (χ1v) is 6.46. The average molecular weight is 318 g/mol. The maximum Gasteiger partial charge on any atom is 0.137 e. The van der Waals surface area contributed by atoms with E-state index in [1.54, 1.807) is 18.4 Å². The molecule has 0 unspecified atom stereocenters. The van der Waals surface area contributed by atoms with Gasteiger partial charge in [0.15, 0.2) is 0 Å². The molecule has 0 fully saturated rings. The molecular formula is C11H11IOS. The van der Waals surface area contributed by atoms with Gasteiger partial charge in [0.05, 0.1) is 11.8 Å². The van der Waals surface area contributed by atoms with Crippen LogP contribution in [0.1, 0.15) is 12.5 Å². The summed E-state index contributed by atoms with van der Waals surface area (Å²) in [4.78, 5) is 0. The first-order chi connectivity index (χ1) is 6.77. The Bertz CT molecular complexity index is 462. The molecule has 3 heteroatoms. The highest BCUT2D eigenvalue weighted by molar-refractivity contribution is 14.1. The van der Waals surface area contributed by atoms with E-state index in [-0.39, 0.29) is 0 Å². The third-order valence-electron chi connectivity index (χ3n) is 2.33. The zero-order valence-electron chi connectivity index (χ0n) is 8.13. The minimum absolute atomic E-state index is 0.997. The third kappa shape index (κ3) is 1.52. The van der Waals surface area contributed by atoms with E-state index in [0.29, 0.717) is 0 Å². The van der Waals surface area contributed by atoms with Gasteiger partial charge in [0.25, 0.3) is 0 Å². The van der Waals surface area contributed by atoms with E-state index in [9.17, 15) is 0 Å². The Balaban J connectivity index is 2.81. The molecule has 0 amide bonds. The zero-order chi connectivity index (χ0) is 10.1. The molecule has 1 aromatic carbocycles. The largest absolute Gasteiger partial charge is 0.495 e. The molecule has 0 saturated heterocycles. The first-order valence-electron chi connectivity index (χ1n) is 4.50. The van der Waals surface area contributed by atoms with Crippen molar-refractivity contribution in [2.45, 2.75) is 13.3 Å². The van der Waals surface area contributed by atoms with Crippen LogP contribution in [0.2, 0.25) is 0 Å². The molecule has 0 saturated carbocycles. The summed E-state index contributed by atoms with van der Waals surface area (Å²) in [5.41, 5.74) is 1.43. The van der Waals surface area contributed by atoms with E-state index in [0.717, 1.165) is 12.2 Å². The summed E-state index contributed by atoms with van der Waals surface area (Å²) in [6, 6.07) is 4.31. The molecule has 2 rings (SSSR count). The topological polar surface area (TPSA) is 9.23 Å². The molecule has 0 aliphatic heterocycles. The van der Waals surface area contributed by atoms with Gasteiger partial charge in [0.1, 0.15) is 5.75 Å². The Morgan fingerprint density at radius 3 is 2.93 bits per heavy atom. The molecule has 0 spiro atoms. The maximum atomic E-state index is 5.37. The number of aryl methyl sites for hydroxylation is 1. The molecular weight excluding hydrogens is 307 g/mol. The normalized spacial score (nSPS) is 10.8. The van der Waals surface area contributed by atoms with Gasteiger partial charge in [-0.2, -0.15) is 0 Å². The Labute approximate surface area is 101 Å². The molecule has 0 aliphatic carbocycles. The smallest absolute Gasteiger partial charge is 0.137 e. The summed E-state index contributed by atoms with van der Waals surface area (Å²) in [5, 5.41) is 3.48. The predicted octanol–water partition coefficient (Wildman–Crippen LogP) is 4.08. The fourth-order valence-electron chi connectivity index (χ4n) is 1.65. The fourth-order valence-corrected chi connectivity index (χ4v) is 3.52. The minimum Gasteiger partial charge on any atom is -0.495 e. The van der Waals surface area contributed by atoms with Crippen molar-refractivity contribution in [2.24, 2.45) is 0 Å². The van der Waals surface area contributed by atoms with Crippen molar-refractivity contribution >= 4 is 44.0 Å². The number of thiophene rings is 1. The molecule has 0 atom stereocenters. The number of halogens is 1. The van der Waals surface area contributed by atoms with Gasteiger partial charge >= 0.3 is 0 Å². The van der Waals surface area contributed by atoms with Crippen LogP contribution in [0.3, 0.4) is 0 Å². The van der Waals surface area contributed by atoms with Crippen LogP contribution in [0.15, 0.2) is 17.5 Å². The van der Waals surface area contributed by atoms with Gasteiger partial charge < -0.3 is 4.74 Å². The molecule has 1 heterocycles. The van der Waals surface area contributed by atoms with E-state index < -0.39 is 0 Å². The number of benzene rings is 1. The van der Waals surface area contributed by atoms with Crippen molar-refractivity contribution in [1.82, 2.24) is 0 Å². The monoisotopic (exact) mass is 318 g/mol. The number of ether oxygens (including phenoxy) is 1. The van der Waals surface area contributed by atoms with E-state index in [1.165, 1.54) is 19.2 Å². The molecule has 14 heavy (non-hydrogen) atoms. The number of hydrogen-bond acceptors (Lipinski definition) is 2. The molecule has 0 aliphatic rings. The van der Waals surface area contributed by atoms with Crippen LogP contribution in [0.5, 0.6) is 5.75 Å². The number of hydrogen-bond donors (Lipinski definition) is 0. The fraction of sp³-hybridized carbons (Fsp3) is 0.273. The van der Waals surface area contributed by atoms with Crippen molar-refractivity contribution in [2.75, 3.05) is 7.11 Å². The quantitative estimate of drug-likeness (QED) is 0.758. The lowest BCUT2D eigenvalue weighted by molar-refractivity contribution is 0.420. The Morgan fingerprint density at radius 2 is 2.29 bits per heavy atom. The zero-order valence-corrected chi connectivity index (χ0v) is 11.1. The highest BCUT2D eigenvalue weighted by Gasteiger charge is 2.10. The van der Waals surface area contributed by atoms with Gasteiger partial charge in [-0.3, -0.25) is 0 Å². The lowest BCUT2D eigenvalue weighted by Crippen LogP contribution is -1.90. The van der Waals surface area contributed by atoms with Crippen LogP contribution < -0.4 is 4.74 Å². The predicted molar refractivity (Wildman–Crippen MR) is 70.5 cm³/mol. The van der Waals surface area contributed by atoms with Crippen molar-refractivity contribution in [1.29, 1.82) is 0 Å². The summed E-state index contributed by atoms with van der Waals surface area (Å²) in [7, 11) is 1.73. The van der Waals surface area contributed by atoms with Crippen LogP contribution in [0.25, 0.3) is 10.1 Å². The van der Waals surface area contributed by atoms with Crippen LogP contribution in [-0.2, 0) is 6.42 Å². The summed E-state index contributed by atoms with van der Waals surface area (Å²) in [6.07, 6.45) is 1.08. The molecule has 0 N–H and O–H groups in total. The molecule has 0 radical (unpaired) electrons. The van der Waals surface area contributed by atoms with Crippen LogP contribution in [0, 0.1) is 3.57 Å². The SMILES string of the molecule is CCc1c(I)cc(OC)c2sccc12. The Morgan fingerprint density at radius 1 is 1.50 bits per heavy atom. The lowest BCUT2D eigenvalue weighted by atomic mass is 10.1. The van der Waals surface area contributed by atoms with Gasteiger partial charge in [-0.05, 0) is 52.1 Å². The van der Waals surface area contributed by atoms with E-state index >= 15 is 0 Å². The number of methoxy groups -OCH3 is 1. The average Bonchev–Trinajstić information content (AvgIpc) is 2.65.